The molecule has 0 amide bonds. The van der Waals surface area contributed by atoms with Crippen molar-refractivity contribution >= 4 is 33.3 Å². The van der Waals surface area contributed by atoms with Gasteiger partial charge in [-0.25, -0.2) is 9.37 Å². The lowest BCUT2D eigenvalue weighted by Gasteiger charge is -2.34. The summed E-state index contributed by atoms with van der Waals surface area (Å²) in [6.07, 6.45) is -0.787. The number of imidazole rings is 1. The number of benzene rings is 2. The fourth-order valence-corrected chi connectivity index (χ4v) is 3.95. The average Bonchev–Trinajstić information content (AvgIpc) is 3.22. The second-order valence-corrected chi connectivity index (χ2v) is 8.65. The van der Waals surface area contributed by atoms with Crippen LogP contribution in [0.2, 0.25) is 0 Å². The average molecular weight is 481 g/mol. The van der Waals surface area contributed by atoms with Crippen molar-refractivity contribution in [3.8, 4) is 11.4 Å². The first-order valence-electron chi connectivity index (χ1n) is 11.2. The third kappa shape index (κ3) is 4.98. The Morgan fingerprint density at radius 3 is 2.51 bits per heavy atom. The molecule has 0 radical (unpaired) electrons. The van der Waals surface area contributed by atoms with E-state index < -0.39 is 17.5 Å². The largest absolute Gasteiger partial charge is 0.510 e. The molecule has 0 aliphatic carbocycles. The predicted molar refractivity (Wildman–Crippen MR) is 137 cm³/mol. The van der Waals surface area contributed by atoms with Gasteiger partial charge in [-0.2, -0.15) is 0 Å². The molecule has 1 unspecified atom stereocenters. The summed E-state index contributed by atoms with van der Waals surface area (Å²) in [6, 6.07) is 10.5. The van der Waals surface area contributed by atoms with Gasteiger partial charge in [0.25, 0.3) is 5.56 Å². The second kappa shape index (κ2) is 9.77. The van der Waals surface area contributed by atoms with Crippen LogP contribution < -0.4 is 16.2 Å². The van der Waals surface area contributed by atoms with E-state index in [1.54, 1.807) is 6.07 Å². The first kappa shape index (κ1) is 24.2. The Balaban J connectivity index is 0.000000431. The Labute approximate surface area is 201 Å². The quantitative estimate of drug-likeness (QED) is 0.285. The van der Waals surface area contributed by atoms with E-state index >= 15 is 0 Å². The lowest BCUT2D eigenvalue weighted by atomic mass is 10.1. The minimum absolute atomic E-state index is 0.0835. The standard InChI is InChI=1S/C21H21FN6O.C4H8O2/c1-27-7-9-28(10-8-27)12-5-6-14-16(11-12)25-20(24-14)18-19(23)17-13(22)3-2-4-15(17)26-21(18)29;1-3(5)4(2)6/h2-6,11H,7-10H2,1H3,(H,24,25)(H3,23,26,29);4-6H,1H2,2H3. The fraction of sp³-hybridized carbons (Fsp3) is 0.280. The summed E-state index contributed by atoms with van der Waals surface area (Å²) in [4.78, 5) is 27.7. The summed E-state index contributed by atoms with van der Waals surface area (Å²) in [5.41, 5.74) is 9.04. The molecular formula is C25H29FN6O3. The van der Waals surface area contributed by atoms with Crippen molar-refractivity contribution in [2.24, 2.45) is 0 Å². The number of nitrogen functional groups attached to an aromatic ring is 1. The van der Waals surface area contributed by atoms with Crippen molar-refractivity contribution in [2.75, 3.05) is 43.9 Å². The Morgan fingerprint density at radius 2 is 1.86 bits per heavy atom. The highest BCUT2D eigenvalue weighted by molar-refractivity contribution is 5.98. The zero-order chi connectivity index (χ0) is 25.3. The first-order valence-corrected chi connectivity index (χ1v) is 11.2. The maximum absolute atomic E-state index is 14.3. The highest BCUT2D eigenvalue weighted by Crippen LogP contribution is 2.30. The lowest BCUT2D eigenvalue weighted by Crippen LogP contribution is -2.44. The number of nitrogens with two attached hydrogens (primary N) is 1. The van der Waals surface area contributed by atoms with Gasteiger partial charge < -0.3 is 35.7 Å². The van der Waals surface area contributed by atoms with E-state index in [1.807, 2.05) is 18.2 Å². The number of halogens is 1. The van der Waals surface area contributed by atoms with Gasteiger partial charge in [0.15, 0.2) is 0 Å². The van der Waals surface area contributed by atoms with Crippen LogP contribution in [0.25, 0.3) is 33.3 Å². The topological polar surface area (TPSA) is 134 Å². The van der Waals surface area contributed by atoms with E-state index in [0.717, 1.165) is 42.9 Å². The fourth-order valence-electron chi connectivity index (χ4n) is 3.95. The third-order valence-electron chi connectivity index (χ3n) is 6.08. The number of fused-ring (bicyclic) bond motifs is 2. The van der Waals surface area contributed by atoms with E-state index in [0.29, 0.717) is 11.3 Å². The normalized spacial score (nSPS) is 15.1. The number of hydrogen-bond acceptors (Lipinski definition) is 7. The summed E-state index contributed by atoms with van der Waals surface area (Å²) in [6.45, 7) is 8.45. The van der Waals surface area contributed by atoms with E-state index in [1.165, 1.54) is 19.1 Å². The van der Waals surface area contributed by atoms with Crippen LogP contribution >= 0.6 is 0 Å². The molecule has 4 aromatic rings. The van der Waals surface area contributed by atoms with Gasteiger partial charge in [0.05, 0.1) is 27.6 Å². The number of pyridine rings is 1. The zero-order valence-electron chi connectivity index (χ0n) is 19.7. The van der Waals surface area contributed by atoms with Crippen LogP contribution in [0.3, 0.4) is 0 Å². The number of nitrogens with zero attached hydrogens (tertiary/aromatic N) is 3. The Hall–Kier alpha value is -3.89. The van der Waals surface area contributed by atoms with Gasteiger partial charge in [0.2, 0.25) is 0 Å². The Bertz CT molecular complexity index is 1440. The van der Waals surface area contributed by atoms with Gasteiger partial charge in [-0.05, 0) is 44.3 Å². The number of anilines is 2. The number of aromatic nitrogens is 3. The van der Waals surface area contributed by atoms with Crippen LogP contribution in [0.4, 0.5) is 15.8 Å². The SMILES string of the molecule is C=C(O)C(C)O.CN1CCN(c2ccc3nc(-c4c(N)c5c(F)cccc5[nH]c4=O)[nH]c3c2)CC1. The van der Waals surface area contributed by atoms with Crippen LogP contribution in [-0.4, -0.2) is 69.4 Å². The van der Waals surface area contributed by atoms with Crippen LogP contribution in [0.5, 0.6) is 0 Å². The molecule has 1 aliphatic rings. The van der Waals surface area contributed by atoms with Crippen molar-refractivity contribution in [3.05, 3.63) is 64.9 Å². The van der Waals surface area contributed by atoms with E-state index in [4.69, 9.17) is 15.9 Å². The minimum atomic E-state index is -0.787. The molecule has 0 bridgehead atoms. The van der Waals surface area contributed by atoms with E-state index in [9.17, 15) is 9.18 Å². The van der Waals surface area contributed by atoms with Crippen molar-refractivity contribution in [1.82, 2.24) is 19.9 Å². The number of nitrogens with one attached hydrogen (secondary N) is 2. The summed E-state index contributed by atoms with van der Waals surface area (Å²) >= 11 is 0. The van der Waals surface area contributed by atoms with Crippen LogP contribution in [0.15, 0.2) is 53.5 Å². The number of piperazine rings is 1. The summed E-state index contributed by atoms with van der Waals surface area (Å²) < 4.78 is 14.3. The molecule has 35 heavy (non-hydrogen) atoms. The second-order valence-electron chi connectivity index (χ2n) is 8.65. The maximum atomic E-state index is 14.3. The summed E-state index contributed by atoms with van der Waals surface area (Å²) in [5, 5.41) is 16.7. The molecule has 3 heterocycles. The van der Waals surface area contributed by atoms with E-state index in [2.05, 4.69) is 38.4 Å². The molecule has 0 spiro atoms. The van der Waals surface area contributed by atoms with Crippen molar-refractivity contribution in [2.45, 2.75) is 13.0 Å². The van der Waals surface area contributed by atoms with Gasteiger partial charge in [0, 0.05) is 31.9 Å². The predicted octanol–water partition coefficient (Wildman–Crippen LogP) is 2.98. The van der Waals surface area contributed by atoms with Crippen LogP contribution in [-0.2, 0) is 0 Å². The van der Waals surface area contributed by atoms with Gasteiger partial charge in [-0.1, -0.05) is 12.6 Å². The molecule has 1 saturated heterocycles. The zero-order valence-corrected chi connectivity index (χ0v) is 19.7. The number of aliphatic hydroxyl groups excluding tert-OH is 2. The molecule has 2 aromatic heterocycles. The molecular weight excluding hydrogens is 451 g/mol. The molecule has 1 fully saturated rings. The minimum Gasteiger partial charge on any atom is -0.510 e. The van der Waals surface area contributed by atoms with Crippen molar-refractivity contribution < 1.29 is 14.6 Å². The van der Waals surface area contributed by atoms with E-state index in [-0.39, 0.29) is 22.4 Å². The molecule has 6 N–H and O–H groups in total. The molecule has 1 aliphatic heterocycles. The monoisotopic (exact) mass is 480 g/mol. The number of aromatic amines is 2. The Morgan fingerprint density at radius 1 is 1.17 bits per heavy atom. The third-order valence-corrected chi connectivity index (χ3v) is 6.08. The highest BCUT2D eigenvalue weighted by atomic mass is 19.1. The number of likely N-dealkylation sites (N-methyl/N-ethyl adjacent to an activating group) is 1. The maximum Gasteiger partial charge on any atom is 0.261 e. The first-order chi connectivity index (χ1) is 16.7. The summed E-state index contributed by atoms with van der Waals surface area (Å²) in [5.74, 6) is -0.333. The smallest absolute Gasteiger partial charge is 0.261 e. The molecule has 184 valence electrons. The molecule has 5 rings (SSSR count). The van der Waals surface area contributed by atoms with Crippen molar-refractivity contribution in [3.63, 3.8) is 0 Å². The lowest BCUT2D eigenvalue weighted by molar-refractivity contribution is 0.171. The molecule has 1 atom stereocenters. The number of H-pyrrole nitrogens is 2. The van der Waals surface area contributed by atoms with Crippen LogP contribution in [0.1, 0.15) is 6.92 Å². The summed E-state index contributed by atoms with van der Waals surface area (Å²) in [7, 11) is 2.12. The molecule has 0 saturated carbocycles. The number of aliphatic hydroxyl groups is 2. The highest BCUT2D eigenvalue weighted by Gasteiger charge is 2.19. The number of rotatable bonds is 3. The van der Waals surface area contributed by atoms with Gasteiger partial charge in [-0.15, -0.1) is 0 Å². The molecule has 2 aromatic carbocycles. The van der Waals surface area contributed by atoms with Crippen molar-refractivity contribution in [1.29, 1.82) is 0 Å². The van der Waals surface area contributed by atoms with Crippen LogP contribution in [0, 0.1) is 5.82 Å². The Kier molecular flexibility index (Phi) is 6.77. The molecule has 9 nitrogen and oxygen atoms in total. The number of hydrogen-bond donors (Lipinski definition) is 5. The van der Waals surface area contributed by atoms with Gasteiger partial charge in [-0.3, -0.25) is 4.79 Å². The van der Waals surface area contributed by atoms with Gasteiger partial charge >= 0.3 is 0 Å². The van der Waals surface area contributed by atoms with Gasteiger partial charge in [0.1, 0.15) is 29.1 Å². The molecule has 10 heteroatoms.